The standard InChI is InChI=1S/C23H21FN2O5/c1-14-18(25-22(30-14)16-7-3-2-4-8-16)13-29-19-11-10-15(12-17(19)24)6-5-9-20-21(27)26-23(28)31-20/h2-4,7-8,10-12,20H,5-6,9,13H2,1H3,(H,26,27,28). The Hall–Kier alpha value is -3.68. The fraction of sp³-hybridized carbons (Fsp3) is 0.261. The summed E-state index contributed by atoms with van der Waals surface area (Å²) in [5.41, 5.74) is 2.22. The van der Waals surface area contributed by atoms with Crippen LogP contribution in [0.5, 0.6) is 5.75 Å². The number of halogens is 1. The molecule has 1 N–H and O–H groups in total. The first-order valence-electron chi connectivity index (χ1n) is 9.94. The second kappa shape index (κ2) is 8.99. The molecule has 1 fully saturated rings. The van der Waals surface area contributed by atoms with E-state index >= 15 is 0 Å². The number of hydrogen-bond acceptors (Lipinski definition) is 6. The minimum atomic E-state index is -0.772. The summed E-state index contributed by atoms with van der Waals surface area (Å²) in [4.78, 5) is 26.9. The number of hydrogen-bond donors (Lipinski definition) is 1. The average Bonchev–Trinajstić information content (AvgIpc) is 3.29. The first kappa shape index (κ1) is 20.6. The van der Waals surface area contributed by atoms with Gasteiger partial charge in [0.1, 0.15) is 18.1 Å². The van der Waals surface area contributed by atoms with Crippen molar-refractivity contribution in [2.75, 3.05) is 0 Å². The van der Waals surface area contributed by atoms with E-state index in [1.54, 1.807) is 19.1 Å². The van der Waals surface area contributed by atoms with Crippen LogP contribution in [0.4, 0.5) is 9.18 Å². The number of carbonyl (C=O) groups is 2. The van der Waals surface area contributed by atoms with E-state index in [1.165, 1.54) is 6.07 Å². The van der Waals surface area contributed by atoms with Gasteiger partial charge in [-0.2, -0.15) is 0 Å². The molecule has 31 heavy (non-hydrogen) atoms. The summed E-state index contributed by atoms with van der Waals surface area (Å²) in [6, 6.07) is 14.3. The van der Waals surface area contributed by atoms with E-state index in [0.717, 1.165) is 11.1 Å². The number of ether oxygens (including phenoxy) is 2. The molecule has 1 aliphatic heterocycles. The Morgan fingerprint density at radius 2 is 1.97 bits per heavy atom. The highest BCUT2D eigenvalue weighted by Gasteiger charge is 2.31. The van der Waals surface area contributed by atoms with Crippen molar-refractivity contribution in [1.29, 1.82) is 0 Å². The number of carbonyl (C=O) groups excluding carboxylic acids is 2. The molecule has 2 aromatic carbocycles. The number of aromatic nitrogens is 1. The van der Waals surface area contributed by atoms with Gasteiger partial charge in [0.2, 0.25) is 5.89 Å². The predicted molar refractivity (Wildman–Crippen MR) is 109 cm³/mol. The first-order valence-corrected chi connectivity index (χ1v) is 9.94. The summed E-state index contributed by atoms with van der Waals surface area (Å²) in [5, 5.41) is 2.09. The van der Waals surface area contributed by atoms with Crippen molar-refractivity contribution in [3.63, 3.8) is 0 Å². The third-order valence-electron chi connectivity index (χ3n) is 4.97. The van der Waals surface area contributed by atoms with E-state index in [2.05, 4.69) is 10.3 Å². The molecule has 0 bridgehead atoms. The molecule has 0 saturated carbocycles. The highest BCUT2D eigenvalue weighted by Crippen LogP contribution is 2.24. The Bertz CT molecular complexity index is 1100. The molecule has 8 heteroatoms. The lowest BCUT2D eigenvalue weighted by Gasteiger charge is -2.09. The second-order valence-corrected chi connectivity index (χ2v) is 7.22. The van der Waals surface area contributed by atoms with Crippen LogP contribution in [0.1, 0.15) is 29.9 Å². The summed E-state index contributed by atoms with van der Waals surface area (Å²) in [7, 11) is 0. The number of amides is 2. The van der Waals surface area contributed by atoms with Crippen molar-refractivity contribution in [2.45, 2.75) is 38.9 Å². The molecule has 1 aromatic heterocycles. The number of benzene rings is 2. The Labute approximate surface area is 178 Å². The normalized spacial score (nSPS) is 15.6. The van der Waals surface area contributed by atoms with E-state index in [1.807, 2.05) is 30.3 Å². The van der Waals surface area contributed by atoms with Gasteiger partial charge in [0.15, 0.2) is 17.7 Å². The van der Waals surface area contributed by atoms with Crippen LogP contribution in [0.3, 0.4) is 0 Å². The molecule has 1 saturated heterocycles. The van der Waals surface area contributed by atoms with E-state index in [0.29, 0.717) is 36.6 Å². The molecule has 1 aliphatic rings. The Morgan fingerprint density at radius 3 is 2.68 bits per heavy atom. The van der Waals surface area contributed by atoms with Crippen molar-refractivity contribution in [2.24, 2.45) is 0 Å². The average molecular weight is 424 g/mol. The lowest BCUT2D eigenvalue weighted by Crippen LogP contribution is -2.24. The number of imide groups is 1. The van der Waals surface area contributed by atoms with Crippen LogP contribution in [-0.4, -0.2) is 23.1 Å². The van der Waals surface area contributed by atoms with E-state index in [4.69, 9.17) is 13.9 Å². The van der Waals surface area contributed by atoms with Crippen molar-refractivity contribution in [3.8, 4) is 17.2 Å². The molecule has 160 valence electrons. The van der Waals surface area contributed by atoms with Crippen molar-refractivity contribution in [3.05, 3.63) is 71.4 Å². The zero-order chi connectivity index (χ0) is 21.8. The summed E-state index contributed by atoms with van der Waals surface area (Å²) < 4.78 is 30.6. The van der Waals surface area contributed by atoms with E-state index in [-0.39, 0.29) is 12.4 Å². The minimum absolute atomic E-state index is 0.0839. The molecular formula is C23H21FN2O5. The first-order chi connectivity index (χ1) is 15.0. The number of nitrogens with one attached hydrogen (secondary N) is 1. The fourth-order valence-corrected chi connectivity index (χ4v) is 3.30. The van der Waals surface area contributed by atoms with Crippen LogP contribution in [0.25, 0.3) is 11.5 Å². The highest BCUT2D eigenvalue weighted by molar-refractivity contribution is 5.99. The van der Waals surface area contributed by atoms with Gasteiger partial charge < -0.3 is 13.9 Å². The van der Waals surface area contributed by atoms with Gasteiger partial charge in [0.05, 0.1) is 0 Å². The SMILES string of the molecule is Cc1oc(-c2ccccc2)nc1COc1ccc(CCCC2OC(=O)NC2=O)cc1F. The zero-order valence-corrected chi connectivity index (χ0v) is 16.9. The smallest absolute Gasteiger partial charge is 0.414 e. The van der Waals surface area contributed by atoms with Gasteiger partial charge in [-0.05, 0) is 56.0 Å². The molecule has 1 unspecified atom stereocenters. The molecule has 3 aromatic rings. The van der Waals surface area contributed by atoms with Crippen molar-refractivity contribution >= 4 is 12.0 Å². The number of aryl methyl sites for hydroxylation is 2. The number of nitrogens with zero attached hydrogens (tertiary/aromatic N) is 1. The summed E-state index contributed by atoms with van der Waals surface area (Å²) in [6.07, 6.45) is 0.00608. The molecule has 2 amide bonds. The molecular weight excluding hydrogens is 403 g/mol. The van der Waals surface area contributed by atoms with Crippen LogP contribution < -0.4 is 10.1 Å². The molecule has 0 aliphatic carbocycles. The van der Waals surface area contributed by atoms with Crippen molar-refractivity contribution < 1.29 is 27.9 Å². The monoisotopic (exact) mass is 424 g/mol. The van der Waals surface area contributed by atoms with Gasteiger partial charge >= 0.3 is 6.09 Å². The van der Waals surface area contributed by atoms with Crippen LogP contribution in [0.2, 0.25) is 0 Å². The molecule has 1 atom stereocenters. The van der Waals surface area contributed by atoms with Crippen LogP contribution in [0.15, 0.2) is 52.9 Å². The number of oxazole rings is 1. The maximum Gasteiger partial charge on any atom is 0.414 e. The molecule has 4 rings (SSSR count). The highest BCUT2D eigenvalue weighted by atomic mass is 19.1. The summed E-state index contributed by atoms with van der Waals surface area (Å²) >= 11 is 0. The fourth-order valence-electron chi connectivity index (χ4n) is 3.30. The van der Waals surface area contributed by atoms with Gasteiger partial charge in [0, 0.05) is 5.56 Å². The minimum Gasteiger partial charge on any atom is -0.484 e. The lowest BCUT2D eigenvalue weighted by atomic mass is 10.1. The van der Waals surface area contributed by atoms with Gasteiger partial charge in [-0.1, -0.05) is 24.3 Å². The van der Waals surface area contributed by atoms with Crippen LogP contribution in [-0.2, 0) is 22.6 Å². The van der Waals surface area contributed by atoms with Gasteiger partial charge in [-0.15, -0.1) is 0 Å². The predicted octanol–water partition coefficient (Wildman–Crippen LogP) is 4.33. The third-order valence-corrected chi connectivity index (χ3v) is 4.97. The Morgan fingerprint density at radius 1 is 1.16 bits per heavy atom. The van der Waals surface area contributed by atoms with Crippen LogP contribution in [0, 0.1) is 12.7 Å². The summed E-state index contributed by atoms with van der Waals surface area (Å²) in [5.74, 6) is 0.323. The maximum atomic E-state index is 14.5. The maximum absolute atomic E-state index is 14.5. The lowest BCUT2D eigenvalue weighted by molar-refractivity contribution is -0.123. The second-order valence-electron chi connectivity index (χ2n) is 7.22. The largest absolute Gasteiger partial charge is 0.484 e. The molecule has 2 heterocycles. The summed E-state index contributed by atoms with van der Waals surface area (Å²) in [6.45, 7) is 1.88. The number of alkyl carbamates (subject to hydrolysis) is 1. The Balaban J connectivity index is 1.32. The molecule has 7 nitrogen and oxygen atoms in total. The van der Waals surface area contributed by atoms with Crippen molar-refractivity contribution in [1.82, 2.24) is 10.3 Å². The third kappa shape index (κ3) is 4.91. The van der Waals surface area contributed by atoms with Crippen LogP contribution >= 0.6 is 0 Å². The van der Waals surface area contributed by atoms with E-state index in [9.17, 15) is 14.0 Å². The number of cyclic esters (lactones) is 1. The van der Waals surface area contributed by atoms with Gasteiger partial charge in [-0.3, -0.25) is 10.1 Å². The van der Waals surface area contributed by atoms with Gasteiger partial charge in [-0.25, -0.2) is 14.2 Å². The van der Waals surface area contributed by atoms with E-state index < -0.39 is 23.9 Å². The molecule has 0 radical (unpaired) electrons. The molecule has 0 spiro atoms. The topological polar surface area (TPSA) is 90.7 Å². The zero-order valence-electron chi connectivity index (χ0n) is 16.9. The number of rotatable bonds is 8. The van der Waals surface area contributed by atoms with Gasteiger partial charge in [0.25, 0.3) is 5.91 Å². The quantitative estimate of drug-likeness (QED) is 0.579. The Kier molecular flexibility index (Phi) is 5.97.